The Bertz CT molecular complexity index is 375. The van der Waals surface area contributed by atoms with Crippen molar-refractivity contribution < 1.29 is 9.47 Å². The number of methoxy groups -OCH3 is 1. The topological polar surface area (TPSA) is 33.7 Å². The van der Waals surface area contributed by atoms with Crippen LogP contribution < -0.4 is 5.32 Å². The van der Waals surface area contributed by atoms with Crippen molar-refractivity contribution in [1.82, 2.24) is 4.90 Å². The lowest BCUT2D eigenvalue weighted by molar-refractivity contribution is 0.0342. The highest BCUT2D eigenvalue weighted by molar-refractivity contribution is 5.44. The fraction of sp³-hybridized carbons (Fsp3) is 0.625. The van der Waals surface area contributed by atoms with Gasteiger partial charge >= 0.3 is 0 Å². The van der Waals surface area contributed by atoms with Crippen molar-refractivity contribution in [2.45, 2.75) is 13.5 Å². The van der Waals surface area contributed by atoms with E-state index < -0.39 is 0 Å². The predicted octanol–water partition coefficient (Wildman–Crippen LogP) is 2.21. The van der Waals surface area contributed by atoms with Gasteiger partial charge in [0.1, 0.15) is 0 Å². The number of anilines is 1. The van der Waals surface area contributed by atoms with Gasteiger partial charge in [0.15, 0.2) is 0 Å². The molecule has 4 heteroatoms. The fourth-order valence-corrected chi connectivity index (χ4v) is 2.38. The molecule has 1 aromatic rings. The molecule has 1 saturated heterocycles. The Kier molecular flexibility index (Phi) is 6.30. The molecule has 1 atom stereocenters. The summed E-state index contributed by atoms with van der Waals surface area (Å²) in [6, 6.07) is 8.74. The van der Waals surface area contributed by atoms with E-state index in [0.29, 0.717) is 5.92 Å². The van der Waals surface area contributed by atoms with E-state index in [9.17, 15) is 0 Å². The molecule has 0 bridgehead atoms. The van der Waals surface area contributed by atoms with Crippen molar-refractivity contribution in [3.8, 4) is 0 Å². The Morgan fingerprint density at radius 2 is 1.95 bits per heavy atom. The third-order valence-corrected chi connectivity index (χ3v) is 3.57. The number of morpholine rings is 1. The molecule has 0 spiro atoms. The molecular formula is C16H26N2O2. The SMILES string of the molecule is COCC(C)CNc1ccc(CN2CCOCC2)cc1. The Morgan fingerprint density at radius 3 is 2.60 bits per heavy atom. The van der Waals surface area contributed by atoms with Crippen LogP contribution in [-0.4, -0.2) is 51.5 Å². The molecule has 0 radical (unpaired) electrons. The highest BCUT2D eigenvalue weighted by Gasteiger charge is 2.10. The lowest BCUT2D eigenvalue weighted by Crippen LogP contribution is -2.35. The summed E-state index contributed by atoms with van der Waals surface area (Å²) in [4.78, 5) is 2.44. The van der Waals surface area contributed by atoms with Crippen LogP contribution >= 0.6 is 0 Å². The first-order chi connectivity index (χ1) is 9.78. The molecular weight excluding hydrogens is 252 g/mol. The van der Waals surface area contributed by atoms with E-state index >= 15 is 0 Å². The molecule has 0 amide bonds. The zero-order valence-corrected chi connectivity index (χ0v) is 12.6. The minimum atomic E-state index is 0.521. The molecule has 0 aliphatic carbocycles. The first kappa shape index (κ1) is 15.3. The Labute approximate surface area is 122 Å². The predicted molar refractivity (Wildman–Crippen MR) is 82.1 cm³/mol. The molecule has 112 valence electrons. The van der Waals surface area contributed by atoms with E-state index in [2.05, 4.69) is 41.4 Å². The number of hydrogen-bond donors (Lipinski definition) is 1. The van der Waals surface area contributed by atoms with E-state index in [4.69, 9.17) is 9.47 Å². The minimum absolute atomic E-state index is 0.521. The van der Waals surface area contributed by atoms with E-state index in [-0.39, 0.29) is 0 Å². The average molecular weight is 278 g/mol. The summed E-state index contributed by atoms with van der Waals surface area (Å²) in [7, 11) is 1.75. The van der Waals surface area contributed by atoms with E-state index in [1.54, 1.807) is 7.11 Å². The van der Waals surface area contributed by atoms with Gasteiger partial charge < -0.3 is 14.8 Å². The van der Waals surface area contributed by atoms with Gasteiger partial charge in [-0.3, -0.25) is 4.90 Å². The van der Waals surface area contributed by atoms with Gasteiger partial charge in [0.2, 0.25) is 0 Å². The van der Waals surface area contributed by atoms with Crippen LogP contribution in [0.3, 0.4) is 0 Å². The third kappa shape index (κ3) is 5.12. The monoisotopic (exact) mass is 278 g/mol. The number of nitrogens with one attached hydrogen (secondary N) is 1. The molecule has 0 saturated carbocycles. The van der Waals surface area contributed by atoms with Gasteiger partial charge in [-0.25, -0.2) is 0 Å². The highest BCUT2D eigenvalue weighted by Crippen LogP contribution is 2.13. The Hall–Kier alpha value is -1.10. The van der Waals surface area contributed by atoms with Crippen LogP contribution in [0.5, 0.6) is 0 Å². The van der Waals surface area contributed by atoms with Crippen LogP contribution in [0.2, 0.25) is 0 Å². The van der Waals surface area contributed by atoms with Crippen LogP contribution in [0.4, 0.5) is 5.69 Å². The lowest BCUT2D eigenvalue weighted by atomic mass is 10.1. The second-order valence-corrected chi connectivity index (χ2v) is 5.53. The first-order valence-corrected chi connectivity index (χ1v) is 7.40. The molecule has 1 unspecified atom stereocenters. The summed E-state index contributed by atoms with van der Waals surface area (Å²) in [6.07, 6.45) is 0. The van der Waals surface area contributed by atoms with E-state index in [1.165, 1.54) is 11.3 Å². The molecule has 1 heterocycles. The van der Waals surface area contributed by atoms with Crippen molar-refractivity contribution in [3.05, 3.63) is 29.8 Å². The third-order valence-electron chi connectivity index (χ3n) is 3.57. The second-order valence-electron chi connectivity index (χ2n) is 5.53. The number of hydrogen-bond acceptors (Lipinski definition) is 4. The zero-order chi connectivity index (χ0) is 14.2. The van der Waals surface area contributed by atoms with Gasteiger partial charge in [0.25, 0.3) is 0 Å². The number of rotatable bonds is 7. The molecule has 0 aromatic heterocycles. The molecule has 1 fully saturated rings. The molecule has 20 heavy (non-hydrogen) atoms. The molecule has 1 aliphatic heterocycles. The summed E-state index contributed by atoms with van der Waals surface area (Å²) in [6.45, 7) is 8.73. The molecule has 1 N–H and O–H groups in total. The van der Waals surface area contributed by atoms with Crippen molar-refractivity contribution in [2.24, 2.45) is 5.92 Å². The Morgan fingerprint density at radius 1 is 1.25 bits per heavy atom. The van der Waals surface area contributed by atoms with Crippen molar-refractivity contribution in [3.63, 3.8) is 0 Å². The summed E-state index contributed by atoms with van der Waals surface area (Å²) in [5, 5.41) is 3.45. The highest BCUT2D eigenvalue weighted by atomic mass is 16.5. The smallest absolute Gasteiger partial charge is 0.0594 e. The number of benzene rings is 1. The normalized spacial score (nSPS) is 17.9. The van der Waals surface area contributed by atoms with Crippen LogP contribution in [0.25, 0.3) is 0 Å². The maximum absolute atomic E-state index is 5.37. The maximum atomic E-state index is 5.37. The molecule has 2 rings (SSSR count). The second kappa shape index (κ2) is 8.25. The van der Waals surface area contributed by atoms with Gasteiger partial charge in [-0.1, -0.05) is 19.1 Å². The molecule has 1 aromatic carbocycles. The quantitative estimate of drug-likeness (QED) is 0.829. The van der Waals surface area contributed by atoms with E-state index in [1.807, 2.05) is 0 Å². The van der Waals surface area contributed by atoms with Crippen molar-refractivity contribution in [2.75, 3.05) is 51.9 Å². The van der Waals surface area contributed by atoms with Crippen LogP contribution in [0.15, 0.2) is 24.3 Å². The lowest BCUT2D eigenvalue weighted by Gasteiger charge is -2.26. The van der Waals surface area contributed by atoms with E-state index in [0.717, 1.165) is 46.0 Å². The average Bonchev–Trinajstić information content (AvgIpc) is 2.48. The summed E-state index contributed by atoms with van der Waals surface area (Å²) >= 11 is 0. The van der Waals surface area contributed by atoms with Crippen molar-refractivity contribution >= 4 is 5.69 Å². The summed E-state index contributed by atoms with van der Waals surface area (Å²) in [5.41, 5.74) is 2.54. The molecule has 1 aliphatic rings. The van der Waals surface area contributed by atoms with Crippen molar-refractivity contribution in [1.29, 1.82) is 0 Å². The standard InChI is InChI=1S/C16H26N2O2/c1-14(13-19-2)11-17-16-5-3-15(4-6-16)12-18-7-9-20-10-8-18/h3-6,14,17H,7-13H2,1-2H3. The van der Waals surface area contributed by atoms with Gasteiger partial charge in [-0.15, -0.1) is 0 Å². The van der Waals surface area contributed by atoms with Gasteiger partial charge in [0, 0.05) is 39.0 Å². The van der Waals surface area contributed by atoms with Crippen LogP contribution in [0, 0.1) is 5.92 Å². The Balaban J connectivity index is 1.77. The van der Waals surface area contributed by atoms with Gasteiger partial charge in [-0.2, -0.15) is 0 Å². The summed E-state index contributed by atoms with van der Waals surface area (Å²) in [5.74, 6) is 0.521. The number of nitrogens with zero attached hydrogens (tertiary/aromatic N) is 1. The minimum Gasteiger partial charge on any atom is -0.385 e. The largest absolute Gasteiger partial charge is 0.385 e. The van der Waals surface area contributed by atoms with Crippen LogP contribution in [-0.2, 0) is 16.0 Å². The number of ether oxygens (including phenoxy) is 2. The maximum Gasteiger partial charge on any atom is 0.0594 e. The van der Waals surface area contributed by atoms with Gasteiger partial charge in [0.05, 0.1) is 19.8 Å². The van der Waals surface area contributed by atoms with Crippen LogP contribution in [0.1, 0.15) is 12.5 Å². The first-order valence-electron chi connectivity index (χ1n) is 7.40. The summed E-state index contributed by atoms with van der Waals surface area (Å²) < 4.78 is 10.5. The zero-order valence-electron chi connectivity index (χ0n) is 12.6. The van der Waals surface area contributed by atoms with Gasteiger partial charge in [-0.05, 0) is 23.6 Å². The molecule has 4 nitrogen and oxygen atoms in total. The fourth-order valence-electron chi connectivity index (χ4n) is 2.38.